The van der Waals surface area contributed by atoms with Gasteiger partial charge in [-0.1, -0.05) is 0 Å². The van der Waals surface area contributed by atoms with Gasteiger partial charge in [0.15, 0.2) is 0 Å². The van der Waals surface area contributed by atoms with Crippen LogP contribution in [0.3, 0.4) is 0 Å². The van der Waals surface area contributed by atoms with Gasteiger partial charge in [0, 0.05) is 0 Å². The first-order valence-corrected chi connectivity index (χ1v) is 8.00. The minimum atomic E-state index is -8.84. The van der Waals surface area contributed by atoms with Crippen molar-refractivity contribution in [2.75, 3.05) is 0 Å². The van der Waals surface area contributed by atoms with Crippen molar-refractivity contribution in [2.45, 2.75) is 66.5 Å². The fourth-order valence-corrected chi connectivity index (χ4v) is 1.74. The van der Waals surface area contributed by atoms with Gasteiger partial charge < -0.3 is 5.11 Å². The number of aliphatic carboxylic acids is 1. The van der Waals surface area contributed by atoms with E-state index >= 15 is 0 Å². The summed E-state index contributed by atoms with van der Waals surface area (Å²) in [5.74, 6) is -37.8. The van der Waals surface area contributed by atoms with Crippen molar-refractivity contribution in [3.05, 3.63) is 0 Å². The van der Waals surface area contributed by atoms with Crippen LogP contribution in [0.15, 0.2) is 0 Å². The fourth-order valence-electron chi connectivity index (χ4n) is 1.74. The van der Waals surface area contributed by atoms with E-state index < -0.39 is 72.5 Å². The lowest BCUT2D eigenvalue weighted by Crippen LogP contribution is -2.71. The predicted molar refractivity (Wildman–Crippen MR) is 66.4 cm³/mol. The number of hydrogen-bond donors (Lipinski definition) is 1. The Morgan fingerprint density at radius 2 is 0.625 bits per heavy atom. The summed E-state index contributed by atoms with van der Waals surface area (Å²) in [6, 6.07) is 0. The van der Waals surface area contributed by atoms with Crippen LogP contribution < -0.4 is 0 Å². The largest absolute Gasteiger partial charge is 0.477 e. The Morgan fingerprint density at radius 1 is 0.375 bits per heavy atom. The lowest BCUT2D eigenvalue weighted by atomic mass is 10.2. The topological polar surface area (TPSA) is 65.0 Å². The smallest absolute Gasteiger partial charge is 0.460 e. The molecule has 0 unspecified atom stereocenters. The average Bonchev–Trinajstić information content (AvgIpc) is 2.61. The van der Waals surface area contributed by atoms with E-state index in [2.05, 4.69) is 0 Å². The molecular weight excluding hydrogens is 661 g/mol. The maximum Gasteiger partial charge on any atom is 0.460 e. The van der Waals surface area contributed by atoms with Crippen LogP contribution in [-0.2, 0) is 19.0 Å². The minimum absolute atomic E-state index is 0.997. The molecule has 0 heterocycles. The summed E-state index contributed by atoms with van der Waals surface area (Å²) in [4.78, 5) is 10.2. The molecule has 0 spiro atoms. The highest BCUT2D eigenvalue weighted by Gasteiger charge is 2.89. The Balaban J connectivity index is 7.38. The van der Waals surface area contributed by atoms with Gasteiger partial charge in [-0.3, -0.25) is 14.2 Å². The fraction of sp³-hybridized carbons (Fsp3) is 0.917. The molecule has 0 amide bonds. The minimum Gasteiger partial charge on any atom is -0.477 e. The Morgan fingerprint density at radius 3 is 0.850 bits per heavy atom. The van der Waals surface area contributed by atoms with Gasteiger partial charge in [-0.25, -0.2) is 4.79 Å². The van der Waals surface area contributed by atoms with Crippen LogP contribution >= 0.6 is 0 Å². The average molecular weight is 662 g/mol. The van der Waals surface area contributed by atoms with Gasteiger partial charge in [-0.05, 0) is 0 Å². The van der Waals surface area contributed by atoms with Gasteiger partial charge in [0.2, 0.25) is 0 Å². The molecule has 3 atom stereocenters. The number of carboxylic acid groups (broad SMARTS) is 1. The van der Waals surface area contributed by atoms with E-state index in [1.807, 2.05) is 0 Å². The molecule has 0 aliphatic rings. The zero-order chi connectivity index (χ0) is 33.2. The molecule has 0 saturated carbocycles. The third-order valence-electron chi connectivity index (χ3n) is 3.67. The molecule has 28 heteroatoms. The second kappa shape index (κ2) is 9.65. The number of hydrogen-bond acceptors (Lipinski definition) is 4. The van der Waals surface area contributed by atoms with Crippen molar-refractivity contribution in [1.82, 2.24) is 0 Å². The van der Waals surface area contributed by atoms with Gasteiger partial charge in [-0.2, -0.15) is 101 Å². The monoisotopic (exact) mass is 662 g/mol. The van der Waals surface area contributed by atoms with Gasteiger partial charge >= 0.3 is 72.5 Å². The van der Waals surface area contributed by atoms with Crippen LogP contribution in [0.5, 0.6) is 0 Å². The van der Waals surface area contributed by atoms with E-state index in [1.54, 1.807) is 0 Å². The van der Waals surface area contributed by atoms with E-state index in [1.165, 1.54) is 4.74 Å². The predicted octanol–water partition coefficient (Wildman–Crippen LogP) is 6.78. The Labute approximate surface area is 199 Å². The van der Waals surface area contributed by atoms with E-state index in [0.29, 0.717) is 0 Å². The van der Waals surface area contributed by atoms with Crippen LogP contribution in [0.2, 0.25) is 0 Å². The molecule has 5 nitrogen and oxygen atoms in total. The first-order valence-electron chi connectivity index (χ1n) is 8.00. The number of rotatable bonds is 9. The Hall–Kier alpha value is -2.26. The van der Waals surface area contributed by atoms with Crippen molar-refractivity contribution in [3.63, 3.8) is 0 Å². The van der Waals surface area contributed by atoms with Crippen molar-refractivity contribution in [3.8, 4) is 0 Å². The molecule has 0 aromatic rings. The molecule has 0 aromatic heterocycles. The second-order valence-corrected chi connectivity index (χ2v) is 6.51. The van der Waals surface area contributed by atoms with Gasteiger partial charge in [0.1, 0.15) is 0 Å². The summed E-state index contributed by atoms with van der Waals surface area (Å²) in [6.07, 6.45) is -58.1. The van der Waals surface area contributed by atoms with Gasteiger partial charge in [-0.15, -0.1) is 0 Å². The third-order valence-corrected chi connectivity index (χ3v) is 3.67. The number of halogens is 23. The van der Waals surface area contributed by atoms with E-state index in [-0.39, 0.29) is 0 Å². The van der Waals surface area contributed by atoms with E-state index in [0.717, 1.165) is 9.47 Å². The van der Waals surface area contributed by atoms with E-state index in [4.69, 9.17) is 5.11 Å². The Kier molecular flexibility index (Phi) is 9.10. The highest BCUT2D eigenvalue weighted by molar-refractivity contribution is 5.76. The summed E-state index contributed by atoms with van der Waals surface area (Å²) in [5, 5.41) is 7.92. The maximum absolute atomic E-state index is 14.0. The molecule has 0 aromatic carbocycles. The molecule has 240 valence electrons. The van der Waals surface area contributed by atoms with Crippen molar-refractivity contribution in [2.24, 2.45) is 0 Å². The number of ether oxygens (including phenoxy) is 3. The molecule has 1 N–H and O–H groups in total. The number of alkyl halides is 23. The van der Waals surface area contributed by atoms with Crippen LogP contribution in [0.4, 0.5) is 101 Å². The first-order chi connectivity index (χ1) is 16.8. The molecule has 0 aliphatic heterocycles. The van der Waals surface area contributed by atoms with Gasteiger partial charge in [0.05, 0.1) is 0 Å². The highest BCUT2D eigenvalue weighted by Crippen LogP contribution is 2.59. The van der Waals surface area contributed by atoms with E-state index in [9.17, 15) is 106 Å². The number of carboxylic acids is 1. The van der Waals surface area contributed by atoms with Crippen LogP contribution in [-0.4, -0.2) is 77.6 Å². The SMILES string of the molecule is O=C(O)[C@](F)(OC(F)(F)[C@](F)(OC(F)(F)[C@](F)(OC(F)(C(F)(F)F)C(F)(F)F)C(F)(F)F)C(F)(F)F)C(F)(F)F. The Bertz CT molecular complexity index is 913. The number of carbonyl (C=O) groups is 1. The lowest BCUT2D eigenvalue weighted by Gasteiger charge is -2.43. The summed E-state index contributed by atoms with van der Waals surface area (Å²) >= 11 is 0. The molecule has 0 bridgehead atoms. The molecule has 0 aliphatic carbocycles. The summed E-state index contributed by atoms with van der Waals surface area (Å²) < 4.78 is 301. The molecule has 40 heavy (non-hydrogen) atoms. The summed E-state index contributed by atoms with van der Waals surface area (Å²) in [6.45, 7) is 0. The standard InChI is InChI=1S/C12HF23O5/c13-2(1(36)37,6(17,18)19)38-11(32,33)5(16,10(29,30)31)40-12(34,35)4(15,9(26,27)28)39-3(14,7(20,21)22)8(23,24)25/h(H,36,37)/t2-,4+,5+/m0/s1. The van der Waals surface area contributed by atoms with Crippen molar-refractivity contribution in [1.29, 1.82) is 0 Å². The first kappa shape index (κ1) is 37.7. The lowest BCUT2D eigenvalue weighted by molar-refractivity contribution is -0.579. The zero-order valence-electron chi connectivity index (χ0n) is 16.8. The van der Waals surface area contributed by atoms with Crippen molar-refractivity contribution >= 4 is 5.97 Å². The molecular formula is C12HF23O5. The zero-order valence-corrected chi connectivity index (χ0v) is 16.8. The van der Waals surface area contributed by atoms with Crippen LogP contribution in [0, 0.1) is 0 Å². The quantitative estimate of drug-likeness (QED) is 0.276. The van der Waals surface area contributed by atoms with Crippen molar-refractivity contribution < 1.29 is 125 Å². The van der Waals surface area contributed by atoms with Crippen LogP contribution in [0.1, 0.15) is 0 Å². The van der Waals surface area contributed by atoms with Crippen LogP contribution in [0.25, 0.3) is 0 Å². The molecule has 0 saturated heterocycles. The maximum atomic E-state index is 14.0. The summed E-state index contributed by atoms with van der Waals surface area (Å²) in [5.41, 5.74) is 0. The normalized spacial score (nSPS) is 20.0. The highest BCUT2D eigenvalue weighted by atomic mass is 19.4. The second-order valence-electron chi connectivity index (χ2n) is 6.51. The molecule has 0 rings (SSSR count). The van der Waals surface area contributed by atoms with Gasteiger partial charge in [0.25, 0.3) is 0 Å². The third kappa shape index (κ3) is 6.01. The summed E-state index contributed by atoms with van der Waals surface area (Å²) in [7, 11) is 0. The molecule has 0 radical (unpaired) electrons. The molecule has 0 fully saturated rings.